The van der Waals surface area contributed by atoms with Gasteiger partial charge in [0.2, 0.25) is 15.9 Å². The molecule has 1 amide bonds. The average Bonchev–Trinajstić information content (AvgIpc) is 3.38. The van der Waals surface area contributed by atoms with Crippen molar-refractivity contribution in [3.05, 3.63) is 51.1 Å². The van der Waals surface area contributed by atoms with E-state index in [0.717, 1.165) is 4.88 Å². The van der Waals surface area contributed by atoms with Crippen LogP contribution in [0.2, 0.25) is 0 Å². The van der Waals surface area contributed by atoms with Gasteiger partial charge in [-0.1, -0.05) is 6.07 Å². The molecule has 0 aliphatic carbocycles. The van der Waals surface area contributed by atoms with Crippen molar-refractivity contribution in [1.29, 1.82) is 0 Å². The summed E-state index contributed by atoms with van der Waals surface area (Å²) in [7, 11) is -3.69. The zero-order valence-electron chi connectivity index (χ0n) is 17.2. The summed E-state index contributed by atoms with van der Waals surface area (Å²) in [6.07, 6.45) is 1.67. The highest BCUT2D eigenvalue weighted by Gasteiger charge is 2.30. The van der Waals surface area contributed by atoms with Crippen LogP contribution in [0.5, 0.6) is 0 Å². The van der Waals surface area contributed by atoms with Crippen molar-refractivity contribution in [2.75, 3.05) is 13.1 Å². The molecule has 0 bridgehead atoms. The zero-order valence-corrected chi connectivity index (χ0v) is 18.9. The Balaban J connectivity index is 1.37. The Morgan fingerprint density at radius 2 is 2.03 bits per heavy atom. The smallest absolute Gasteiger partial charge is 0.408 e. The van der Waals surface area contributed by atoms with Crippen LogP contribution >= 0.6 is 11.3 Å². The first-order chi connectivity index (χ1) is 14.9. The van der Waals surface area contributed by atoms with Crippen LogP contribution in [0, 0.1) is 5.92 Å². The van der Waals surface area contributed by atoms with Gasteiger partial charge in [-0.25, -0.2) is 13.2 Å². The monoisotopic (exact) mass is 463 g/mol. The topological polar surface area (TPSA) is 102 Å². The molecular weight excluding hydrogens is 438 g/mol. The van der Waals surface area contributed by atoms with Crippen molar-refractivity contribution < 1.29 is 17.6 Å². The Labute approximate surface area is 184 Å². The van der Waals surface area contributed by atoms with Gasteiger partial charge in [0.1, 0.15) is 0 Å². The van der Waals surface area contributed by atoms with Gasteiger partial charge in [0.05, 0.1) is 17.0 Å². The molecule has 0 radical (unpaired) electrons. The maximum Gasteiger partial charge on any atom is 0.419 e. The van der Waals surface area contributed by atoms with Crippen molar-refractivity contribution in [2.45, 2.75) is 44.2 Å². The van der Waals surface area contributed by atoms with Crippen molar-refractivity contribution in [3.8, 4) is 0 Å². The van der Waals surface area contributed by atoms with Gasteiger partial charge < -0.3 is 9.73 Å². The molecule has 0 saturated carbocycles. The molecule has 0 spiro atoms. The summed E-state index contributed by atoms with van der Waals surface area (Å²) < 4.78 is 34.3. The van der Waals surface area contributed by atoms with E-state index in [9.17, 15) is 18.0 Å². The predicted octanol–water partition coefficient (Wildman–Crippen LogP) is 2.78. The fraction of sp³-hybridized carbons (Fsp3) is 0.429. The maximum absolute atomic E-state index is 13.1. The van der Waals surface area contributed by atoms with E-state index in [1.165, 1.54) is 21.0 Å². The summed E-state index contributed by atoms with van der Waals surface area (Å²) in [6, 6.07) is 8.48. The second kappa shape index (κ2) is 8.97. The van der Waals surface area contributed by atoms with E-state index in [2.05, 4.69) is 5.32 Å². The van der Waals surface area contributed by atoms with E-state index >= 15 is 0 Å². The summed E-state index contributed by atoms with van der Waals surface area (Å²) >= 11 is 1.60. The lowest BCUT2D eigenvalue weighted by molar-refractivity contribution is -0.122. The van der Waals surface area contributed by atoms with Crippen LogP contribution in [-0.2, 0) is 27.9 Å². The number of carbonyl (C=O) groups excluding carboxylic acids is 1. The maximum atomic E-state index is 13.1. The third kappa shape index (κ3) is 4.60. The predicted molar refractivity (Wildman–Crippen MR) is 118 cm³/mol. The first kappa shape index (κ1) is 21.8. The normalized spacial score (nSPS) is 16.0. The van der Waals surface area contributed by atoms with E-state index in [1.54, 1.807) is 17.4 Å². The third-order valence-electron chi connectivity index (χ3n) is 5.68. The number of fused-ring (bicyclic) bond motifs is 1. The Bertz CT molecular complexity index is 1220. The third-order valence-corrected chi connectivity index (χ3v) is 8.45. The number of benzene rings is 1. The van der Waals surface area contributed by atoms with Gasteiger partial charge in [0.15, 0.2) is 5.58 Å². The Hall–Kier alpha value is -2.43. The molecule has 1 fully saturated rings. The molecule has 1 saturated heterocycles. The molecule has 8 nitrogen and oxygen atoms in total. The van der Waals surface area contributed by atoms with Crippen LogP contribution in [0.1, 0.15) is 31.1 Å². The van der Waals surface area contributed by atoms with Crippen LogP contribution in [0.25, 0.3) is 11.1 Å². The Morgan fingerprint density at radius 3 is 2.71 bits per heavy atom. The number of piperidine rings is 1. The molecule has 1 N–H and O–H groups in total. The molecular formula is C21H25N3O5S2. The number of oxazole rings is 1. The Morgan fingerprint density at radius 1 is 1.26 bits per heavy atom. The number of hydrogen-bond acceptors (Lipinski definition) is 6. The summed E-state index contributed by atoms with van der Waals surface area (Å²) in [5, 5.41) is 4.90. The molecule has 1 aromatic carbocycles. The van der Waals surface area contributed by atoms with Gasteiger partial charge in [0.25, 0.3) is 0 Å². The molecule has 2 aromatic heterocycles. The number of carbonyl (C=O) groups is 1. The molecule has 0 atom stereocenters. The minimum absolute atomic E-state index is 0.00405. The number of rotatable bonds is 7. The standard InChI is InChI=1S/C21H25N3O5S2/c1-2-24-18-6-5-17(13-19(18)29-21(24)26)31(27,28)23-9-7-15(8-10-23)12-20(25)22-14-16-4-3-11-30-16/h3-6,11,13,15H,2,7-10,12,14H2,1H3,(H,22,25). The summed E-state index contributed by atoms with van der Waals surface area (Å²) in [5.74, 6) is -0.338. The summed E-state index contributed by atoms with van der Waals surface area (Å²) in [5.41, 5.74) is 0.851. The fourth-order valence-electron chi connectivity index (χ4n) is 3.94. The van der Waals surface area contributed by atoms with E-state index in [0.29, 0.717) is 51.0 Å². The van der Waals surface area contributed by atoms with Gasteiger partial charge in [-0.2, -0.15) is 4.31 Å². The quantitative estimate of drug-likeness (QED) is 0.581. The number of aromatic nitrogens is 1. The molecule has 1 aliphatic heterocycles. The highest BCUT2D eigenvalue weighted by atomic mass is 32.2. The SMILES string of the molecule is CCn1c(=O)oc2cc(S(=O)(=O)N3CCC(CC(=O)NCc4cccs4)CC3)ccc21. The summed E-state index contributed by atoms with van der Waals surface area (Å²) in [6.45, 7) is 3.54. The largest absolute Gasteiger partial charge is 0.419 e. The fourth-order valence-corrected chi connectivity index (χ4v) is 6.07. The minimum Gasteiger partial charge on any atom is -0.408 e. The van der Waals surface area contributed by atoms with E-state index in [-0.39, 0.29) is 22.3 Å². The van der Waals surface area contributed by atoms with Crippen LogP contribution in [-0.4, -0.2) is 36.3 Å². The average molecular weight is 464 g/mol. The lowest BCUT2D eigenvalue weighted by atomic mass is 9.94. The van der Waals surface area contributed by atoms with Crippen LogP contribution in [0.4, 0.5) is 0 Å². The second-order valence-corrected chi connectivity index (χ2v) is 10.6. The molecule has 31 heavy (non-hydrogen) atoms. The van der Waals surface area contributed by atoms with Gasteiger partial charge in [0, 0.05) is 37.0 Å². The number of thiophene rings is 1. The number of amides is 1. The van der Waals surface area contributed by atoms with Crippen LogP contribution in [0.15, 0.2) is 49.8 Å². The van der Waals surface area contributed by atoms with Crippen LogP contribution < -0.4 is 11.1 Å². The number of aryl methyl sites for hydroxylation is 1. The first-order valence-corrected chi connectivity index (χ1v) is 12.6. The van der Waals surface area contributed by atoms with E-state index in [4.69, 9.17) is 4.42 Å². The van der Waals surface area contributed by atoms with E-state index in [1.807, 2.05) is 24.4 Å². The minimum atomic E-state index is -3.69. The van der Waals surface area contributed by atoms with Gasteiger partial charge in [-0.15, -0.1) is 11.3 Å². The van der Waals surface area contributed by atoms with Crippen molar-refractivity contribution >= 4 is 38.4 Å². The van der Waals surface area contributed by atoms with Crippen molar-refractivity contribution in [3.63, 3.8) is 0 Å². The second-order valence-electron chi connectivity index (χ2n) is 7.65. The highest BCUT2D eigenvalue weighted by Crippen LogP contribution is 2.27. The van der Waals surface area contributed by atoms with Gasteiger partial charge in [-0.3, -0.25) is 9.36 Å². The first-order valence-electron chi connectivity index (χ1n) is 10.3. The molecule has 3 aromatic rings. The van der Waals surface area contributed by atoms with Crippen molar-refractivity contribution in [2.24, 2.45) is 5.92 Å². The van der Waals surface area contributed by atoms with Crippen LogP contribution in [0.3, 0.4) is 0 Å². The zero-order chi connectivity index (χ0) is 22.0. The summed E-state index contributed by atoms with van der Waals surface area (Å²) in [4.78, 5) is 25.3. The molecule has 10 heteroatoms. The lowest BCUT2D eigenvalue weighted by Crippen LogP contribution is -2.39. The molecule has 1 aliphatic rings. The van der Waals surface area contributed by atoms with E-state index < -0.39 is 15.8 Å². The number of nitrogens with zero attached hydrogens (tertiary/aromatic N) is 2. The van der Waals surface area contributed by atoms with Gasteiger partial charge in [-0.05, 0) is 49.3 Å². The highest BCUT2D eigenvalue weighted by molar-refractivity contribution is 7.89. The van der Waals surface area contributed by atoms with Gasteiger partial charge >= 0.3 is 5.76 Å². The van der Waals surface area contributed by atoms with Crippen molar-refractivity contribution in [1.82, 2.24) is 14.2 Å². The number of hydrogen-bond donors (Lipinski definition) is 1. The lowest BCUT2D eigenvalue weighted by Gasteiger charge is -2.31. The molecule has 4 rings (SSSR count). The molecule has 0 unspecified atom stereocenters. The molecule has 166 valence electrons. The Kier molecular flexibility index (Phi) is 6.31. The molecule has 3 heterocycles. The number of sulfonamides is 1. The number of nitrogens with one attached hydrogen (secondary N) is 1.